The lowest BCUT2D eigenvalue weighted by atomic mass is 9.83. The van der Waals surface area contributed by atoms with E-state index in [-0.39, 0.29) is 12.5 Å². The summed E-state index contributed by atoms with van der Waals surface area (Å²) < 4.78 is 0.765. The summed E-state index contributed by atoms with van der Waals surface area (Å²) in [5.74, 6) is 1.68. The van der Waals surface area contributed by atoms with Crippen molar-refractivity contribution in [2.24, 2.45) is 0 Å². The van der Waals surface area contributed by atoms with Crippen molar-refractivity contribution < 1.29 is 9.90 Å². The maximum absolute atomic E-state index is 12.5. The quantitative estimate of drug-likeness (QED) is 0.287. The molecule has 0 radical (unpaired) electrons. The summed E-state index contributed by atoms with van der Waals surface area (Å²) in [6.07, 6.45) is 4.07. The molecule has 200 valence electrons. The van der Waals surface area contributed by atoms with Gasteiger partial charge in [0.05, 0.1) is 16.5 Å². The number of aryl methyl sites for hydroxylation is 1. The number of piperidine rings is 1. The number of aliphatic hydroxyl groups excluding tert-OH is 1. The van der Waals surface area contributed by atoms with Crippen LogP contribution in [0.25, 0.3) is 0 Å². The van der Waals surface area contributed by atoms with Crippen LogP contribution in [0.15, 0.2) is 47.1 Å². The van der Waals surface area contributed by atoms with Gasteiger partial charge in [0.15, 0.2) is 0 Å². The van der Waals surface area contributed by atoms with E-state index in [2.05, 4.69) is 66.9 Å². The first-order chi connectivity index (χ1) is 18.3. The fourth-order valence-corrected chi connectivity index (χ4v) is 5.92. The van der Waals surface area contributed by atoms with Gasteiger partial charge in [-0.15, -0.1) is 0 Å². The molecule has 3 heterocycles. The smallest absolute Gasteiger partial charge is 0.234 e. The standard InChI is InChI=1S/C29H35BrN6O2/c1-18-14-19(21-7-5-11-36(17-21)12-13-37)9-10-23(18)34-28-32-16-22(30)26(35-28)31-15-20-6-4-8-24-25(20)29(2,3)27(38)33-24/h4,6,8-10,14,16,21,37H,5,7,11-13,15,17H2,1-3H3,(H,33,38)(H2,31,32,34,35). The summed E-state index contributed by atoms with van der Waals surface area (Å²) in [6.45, 7) is 9.54. The first-order valence-electron chi connectivity index (χ1n) is 13.2. The van der Waals surface area contributed by atoms with Gasteiger partial charge in [0.25, 0.3) is 0 Å². The molecule has 2 aliphatic rings. The van der Waals surface area contributed by atoms with Crippen molar-refractivity contribution >= 4 is 45.0 Å². The number of aromatic nitrogens is 2. The number of rotatable bonds is 8. The molecule has 0 spiro atoms. The Morgan fingerprint density at radius 2 is 2.11 bits per heavy atom. The normalized spacial score (nSPS) is 18.7. The lowest BCUT2D eigenvalue weighted by Crippen LogP contribution is -2.36. The predicted molar refractivity (Wildman–Crippen MR) is 155 cm³/mol. The van der Waals surface area contributed by atoms with Crippen LogP contribution in [0, 0.1) is 6.92 Å². The van der Waals surface area contributed by atoms with E-state index in [9.17, 15) is 9.90 Å². The highest BCUT2D eigenvalue weighted by Gasteiger charge is 2.39. The summed E-state index contributed by atoms with van der Waals surface area (Å²) >= 11 is 3.57. The zero-order valence-electron chi connectivity index (χ0n) is 22.1. The van der Waals surface area contributed by atoms with Crippen LogP contribution < -0.4 is 16.0 Å². The van der Waals surface area contributed by atoms with Crippen molar-refractivity contribution in [1.82, 2.24) is 14.9 Å². The maximum atomic E-state index is 12.5. The van der Waals surface area contributed by atoms with Crippen LogP contribution >= 0.6 is 15.9 Å². The summed E-state index contributed by atoms with van der Waals surface area (Å²) in [4.78, 5) is 24.0. The van der Waals surface area contributed by atoms with Gasteiger partial charge in [0.1, 0.15) is 5.82 Å². The second kappa shape index (κ2) is 11.0. The van der Waals surface area contributed by atoms with Crippen molar-refractivity contribution in [3.8, 4) is 0 Å². The Labute approximate surface area is 232 Å². The first kappa shape index (κ1) is 26.6. The van der Waals surface area contributed by atoms with Gasteiger partial charge in [-0.1, -0.05) is 24.3 Å². The van der Waals surface area contributed by atoms with E-state index in [1.165, 1.54) is 12.0 Å². The number of halogens is 1. The highest BCUT2D eigenvalue weighted by atomic mass is 79.9. The third-order valence-corrected chi connectivity index (χ3v) is 8.25. The number of likely N-dealkylation sites (tertiary alicyclic amines) is 1. The molecule has 1 fully saturated rings. The Morgan fingerprint density at radius 3 is 2.89 bits per heavy atom. The molecule has 38 heavy (non-hydrogen) atoms. The molecule has 4 N–H and O–H groups in total. The van der Waals surface area contributed by atoms with Crippen molar-refractivity contribution in [2.45, 2.75) is 51.5 Å². The van der Waals surface area contributed by atoms with Gasteiger partial charge in [-0.3, -0.25) is 4.79 Å². The Bertz CT molecular complexity index is 1340. The number of hydrogen-bond acceptors (Lipinski definition) is 7. The van der Waals surface area contributed by atoms with E-state index in [1.54, 1.807) is 6.20 Å². The molecule has 1 aromatic heterocycles. The number of amides is 1. The van der Waals surface area contributed by atoms with Crippen LogP contribution in [0.1, 0.15) is 54.9 Å². The average molecular weight is 580 g/mol. The second-order valence-electron chi connectivity index (χ2n) is 10.7. The first-order valence-corrected chi connectivity index (χ1v) is 14.0. The summed E-state index contributed by atoms with van der Waals surface area (Å²) in [6, 6.07) is 12.5. The zero-order chi connectivity index (χ0) is 26.9. The van der Waals surface area contributed by atoms with Crippen LogP contribution in [0.4, 0.5) is 23.1 Å². The highest BCUT2D eigenvalue weighted by Crippen LogP contribution is 2.40. The van der Waals surface area contributed by atoms with Crippen LogP contribution in [0.2, 0.25) is 0 Å². The van der Waals surface area contributed by atoms with Gasteiger partial charge in [-0.05, 0) is 96.4 Å². The van der Waals surface area contributed by atoms with Gasteiger partial charge in [-0.25, -0.2) is 4.98 Å². The predicted octanol–water partition coefficient (Wildman–Crippen LogP) is 5.30. The van der Waals surface area contributed by atoms with Gasteiger partial charge in [-0.2, -0.15) is 4.98 Å². The molecule has 0 bridgehead atoms. The molecule has 1 saturated heterocycles. The van der Waals surface area contributed by atoms with Gasteiger partial charge < -0.3 is 26.0 Å². The third kappa shape index (κ3) is 5.41. The Hall–Kier alpha value is -3.01. The molecule has 5 rings (SSSR count). The lowest BCUT2D eigenvalue weighted by Gasteiger charge is -2.32. The topological polar surface area (TPSA) is 102 Å². The molecule has 0 saturated carbocycles. The molecule has 2 aromatic carbocycles. The van der Waals surface area contributed by atoms with Crippen LogP contribution in [0.3, 0.4) is 0 Å². The minimum Gasteiger partial charge on any atom is -0.395 e. The Kier molecular flexibility index (Phi) is 7.70. The molecule has 8 nitrogen and oxygen atoms in total. The van der Waals surface area contributed by atoms with E-state index in [0.717, 1.165) is 58.6 Å². The molecule has 1 amide bonds. The zero-order valence-corrected chi connectivity index (χ0v) is 23.7. The number of nitrogens with zero attached hydrogens (tertiary/aromatic N) is 3. The maximum Gasteiger partial charge on any atom is 0.234 e. The monoisotopic (exact) mass is 578 g/mol. The average Bonchev–Trinajstić information content (AvgIpc) is 3.14. The number of β-amino-alcohol motifs (C(OH)–C–C–N with tert-alkyl or cyclic N) is 1. The largest absolute Gasteiger partial charge is 0.395 e. The van der Waals surface area contributed by atoms with Crippen LogP contribution in [-0.4, -0.2) is 52.1 Å². The number of carbonyl (C=O) groups is 1. The van der Waals surface area contributed by atoms with Crippen molar-refractivity contribution in [3.63, 3.8) is 0 Å². The van der Waals surface area contributed by atoms with E-state index in [4.69, 9.17) is 4.98 Å². The summed E-state index contributed by atoms with van der Waals surface area (Å²) in [5, 5.41) is 19.1. The molecule has 9 heteroatoms. The SMILES string of the molecule is Cc1cc(C2CCCN(CCO)C2)ccc1Nc1ncc(Br)c(NCc2cccc3c2C(C)(C)C(=O)N3)n1. The highest BCUT2D eigenvalue weighted by molar-refractivity contribution is 9.10. The third-order valence-electron chi connectivity index (χ3n) is 7.67. The van der Waals surface area contributed by atoms with E-state index in [0.29, 0.717) is 24.2 Å². The molecular formula is C29H35BrN6O2. The number of nitrogens with one attached hydrogen (secondary N) is 3. The molecular weight excluding hydrogens is 544 g/mol. The molecule has 0 aliphatic carbocycles. The van der Waals surface area contributed by atoms with Crippen molar-refractivity contribution in [3.05, 3.63) is 69.3 Å². The number of aliphatic hydroxyl groups is 1. The minimum absolute atomic E-state index is 0.0158. The Balaban J connectivity index is 1.29. The van der Waals surface area contributed by atoms with Gasteiger partial charge in [0.2, 0.25) is 11.9 Å². The molecule has 1 unspecified atom stereocenters. The Morgan fingerprint density at radius 1 is 1.26 bits per heavy atom. The van der Waals surface area contributed by atoms with Crippen molar-refractivity contribution in [1.29, 1.82) is 0 Å². The molecule has 1 atom stereocenters. The van der Waals surface area contributed by atoms with Crippen LogP contribution in [0.5, 0.6) is 0 Å². The summed E-state index contributed by atoms with van der Waals surface area (Å²) in [5.41, 5.74) is 5.81. The molecule has 2 aliphatic heterocycles. The van der Waals surface area contributed by atoms with E-state index >= 15 is 0 Å². The number of hydrogen-bond donors (Lipinski definition) is 4. The van der Waals surface area contributed by atoms with Crippen LogP contribution in [-0.2, 0) is 16.8 Å². The van der Waals surface area contributed by atoms with Gasteiger partial charge >= 0.3 is 0 Å². The second-order valence-corrected chi connectivity index (χ2v) is 11.6. The van der Waals surface area contributed by atoms with E-state index < -0.39 is 5.41 Å². The number of fused-ring (bicyclic) bond motifs is 1. The lowest BCUT2D eigenvalue weighted by molar-refractivity contribution is -0.119. The van der Waals surface area contributed by atoms with E-state index in [1.807, 2.05) is 32.0 Å². The van der Waals surface area contributed by atoms with Gasteiger partial charge in [0, 0.05) is 37.2 Å². The number of anilines is 4. The summed E-state index contributed by atoms with van der Waals surface area (Å²) in [7, 11) is 0. The fraction of sp³-hybridized carbons (Fsp3) is 0.414. The van der Waals surface area contributed by atoms with Crippen molar-refractivity contribution in [2.75, 3.05) is 42.2 Å². The fourth-order valence-electron chi connectivity index (χ4n) is 5.59. The number of carbonyl (C=O) groups excluding carboxylic acids is 1. The number of benzene rings is 2. The molecule has 3 aromatic rings. The minimum atomic E-state index is -0.582.